The van der Waals surface area contributed by atoms with E-state index in [2.05, 4.69) is 15.5 Å². The van der Waals surface area contributed by atoms with Gasteiger partial charge in [0.25, 0.3) is 5.91 Å². The normalized spacial score (nSPS) is 30.8. The summed E-state index contributed by atoms with van der Waals surface area (Å²) in [7, 11) is 0. The van der Waals surface area contributed by atoms with E-state index in [0.717, 1.165) is 26.2 Å². The van der Waals surface area contributed by atoms with Gasteiger partial charge in [0.15, 0.2) is 0 Å². The molecule has 6 heteroatoms. The molecule has 6 nitrogen and oxygen atoms in total. The zero-order valence-corrected chi connectivity index (χ0v) is 10.5. The third kappa shape index (κ3) is 2.28. The Morgan fingerprint density at radius 1 is 1.29 bits per heavy atom. The number of amides is 3. The van der Waals surface area contributed by atoms with Gasteiger partial charge in [-0.05, 0) is 13.3 Å². The van der Waals surface area contributed by atoms with E-state index < -0.39 is 5.54 Å². The second kappa shape index (κ2) is 4.62. The zero-order valence-electron chi connectivity index (χ0n) is 10.5. The number of hydrogen-bond acceptors (Lipinski definition) is 4. The average Bonchev–Trinajstić information content (AvgIpc) is 2.55. The summed E-state index contributed by atoms with van der Waals surface area (Å²) in [6.07, 6.45) is 0.621. The summed E-state index contributed by atoms with van der Waals surface area (Å²) in [6.45, 7) is 7.67. The van der Waals surface area contributed by atoms with Gasteiger partial charge in [0.2, 0.25) is 0 Å². The molecule has 2 rings (SSSR count). The second-order valence-corrected chi connectivity index (χ2v) is 4.86. The molecule has 2 heterocycles. The molecule has 0 aromatic rings. The van der Waals surface area contributed by atoms with Crippen LogP contribution in [0, 0.1) is 0 Å². The van der Waals surface area contributed by atoms with E-state index in [1.54, 1.807) is 6.92 Å². The van der Waals surface area contributed by atoms with Crippen molar-refractivity contribution < 1.29 is 9.59 Å². The topological polar surface area (TPSA) is 64.7 Å². The second-order valence-electron chi connectivity index (χ2n) is 4.86. The van der Waals surface area contributed by atoms with Crippen LogP contribution in [0.5, 0.6) is 0 Å². The molecule has 0 saturated carbocycles. The minimum Gasteiger partial charge on any atom is -0.323 e. The largest absolute Gasteiger partial charge is 0.326 e. The molecule has 1 unspecified atom stereocenters. The third-order valence-electron chi connectivity index (χ3n) is 3.60. The Morgan fingerprint density at radius 3 is 2.47 bits per heavy atom. The number of imide groups is 1. The number of nitrogens with zero attached hydrogens (tertiary/aromatic N) is 2. The molecule has 0 aromatic carbocycles. The maximum absolute atomic E-state index is 12.1. The molecule has 17 heavy (non-hydrogen) atoms. The summed E-state index contributed by atoms with van der Waals surface area (Å²) in [5.74, 6) is -0.108. The van der Waals surface area contributed by atoms with Gasteiger partial charge in [0, 0.05) is 26.2 Å². The molecule has 0 spiro atoms. The van der Waals surface area contributed by atoms with E-state index in [1.807, 2.05) is 6.92 Å². The molecular formula is C11H20N4O2. The average molecular weight is 240 g/mol. The van der Waals surface area contributed by atoms with Gasteiger partial charge in [0.1, 0.15) is 5.54 Å². The van der Waals surface area contributed by atoms with Gasteiger partial charge in [-0.3, -0.25) is 9.69 Å². The van der Waals surface area contributed by atoms with Crippen molar-refractivity contribution in [3.05, 3.63) is 0 Å². The summed E-state index contributed by atoms with van der Waals surface area (Å²) in [6, 6.07) is -0.266. The summed E-state index contributed by atoms with van der Waals surface area (Å²) in [4.78, 5) is 27.4. The minimum atomic E-state index is -0.717. The maximum Gasteiger partial charge on any atom is 0.326 e. The highest BCUT2D eigenvalue weighted by atomic mass is 16.2. The molecule has 1 atom stereocenters. The Kier molecular flexibility index (Phi) is 3.35. The van der Waals surface area contributed by atoms with Crippen molar-refractivity contribution in [1.29, 1.82) is 0 Å². The van der Waals surface area contributed by atoms with Crippen LogP contribution in [0.25, 0.3) is 0 Å². The van der Waals surface area contributed by atoms with Crippen LogP contribution >= 0.6 is 0 Å². The predicted molar refractivity (Wildman–Crippen MR) is 63.4 cm³/mol. The molecule has 2 fully saturated rings. The number of rotatable bonds is 3. The first-order valence-corrected chi connectivity index (χ1v) is 6.14. The smallest absolute Gasteiger partial charge is 0.323 e. The molecule has 96 valence electrons. The predicted octanol–water partition coefficient (Wildman–Crippen LogP) is -0.430. The molecule has 0 aliphatic carbocycles. The van der Waals surface area contributed by atoms with E-state index in [1.165, 1.54) is 4.90 Å². The molecule has 2 aliphatic heterocycles. The van der Waals surface area contributed by atoms with Crippen molar-refractivity contribution in [1.82, 2.24) is 20.4 Å². The number of urea groups is 1. The first-order chi connectivity index (χ1) is 8.07. The Labute approximate surface area is 101 Å². The van der Waals surface area contributed by atoms with Crippen LogP contribution < -0.4 is 10.6 Å². The minimum absolute atomic E-state index is 0.108. The number of carbonyl (C=O) groups is 2. The molecule has 3 amide bonds. The van der Waals surface area contributed by atoms with Crippen LogP contribution in [0.3, 0.4) is 0 Å². The van der Waals surface area contributed by atoms with Crippen molar-refractivity contribution in [3.63, 3.8) is 0 Å². The van der Waals surface area contributed by atoms with Crippen LogP contribution in [0.4, 0.5) is 4.79 Å². The van der Waals surface area contributed by atoms with Crippen LogP contribution in [0.15, 0.2) is 0 Å². The van der Waals surface area contributed by atoms with E-state index in [0.29, 0.717) is 13.1 Å². The monoisotopic (exact) mass is 240 g/mol. The summed E-state index contributed by atoms with van der Waals surface area (Å²) in [5.41, 5.74) is -0.717. The number of piperazine rings is 1. The van der Waals surface area contributed by atoms with Crippen molar-refractivity contribution >= 4 is 11.9 Å². The van der Waals surface area contributed by atoms with Gasteiger partial charge in [-0.15, -0.1) is 0 Å². The van der Waals surface area contributed by atoms with E-state index in [9.17, 15) is 9.59 Å². The molecule has 2 saturated heterocycles. The zero-order chi connectivity index (χ0) is 12.5. The van der Waals surface area contributed by atoms with Crippen LogP contribution in [-0.2, 0) is 4.79 Å². The highest BCUT2D eigenvalue weighted by Gasteiger charge is 2.46. The Hall–Kier alpha value is -1.14. The maximum atomic E-state index is 12.1. The molecule has 0 bridgehead atoms. The van der Waals surface area contributed by atoms with Gasteiger partial charge in [-0.2, -0.15) is 0 Å². The number of hydrogen-bond donors (Lipinski definition) is 2. The van der Waals surface area contributed by atoms with Crippen molar-refractivity contribution in [2.45, 2.75) is 25.8 Å². The Balaban J connectivity index is 2.01. The summed E-state index contributed by atoms with van der Waals surface area (Å²) >= 11 is 0. The molecule has 2 N–H and O–H groups in total. The van der Waals surface area contributed by atoms with Crippen molar-refractivity contribution in [2.75, 3.05) is 32.8 Å². The SMILES string of the molecule is CCC1(C)NC(=O)N(CN2CCNCC2)C1=O. The molecule has 0 aromatic heterocycles. The first kappa shape index (κ1) is 12.3. The summed E-state index contributed by atoms with van der Waals surface area (Å²) < 4.78 is 0. The van der Waals surface area contributed by atoms with Crippen LogP contribution in [0.1, 0.15) is 20.3 Å². The van der Waals surface area contributed by atoms with Gasteiger partial charge >= 0.3 is 6.03 Å². The third-order valence-corrected chi connectivity index (χ3v) is 3.60. The van der Waals surface area contributed by atoms with E-state index in [-0.39, 0.29) is 11.9 Å². The van der Waals surface area contributed by atoms with Crippen molar-refractivity contribution in [3.8, 4) is 0 Å². The van der Waals surface area contributed by atoms with Gasteiger partial charge < -0.3 is 10.6 Å². The van der Waals surface area contributed by atoms with Crippen LogP contribution in [0.2, 0.25) is 0 Å². The summed E-state index contributed by atoms with van der Waals surface area (Å²) in [5, 5.41) is 6.01. The first-order valence-electron chi connectivity index (χ1n) is 6.14. The lowest BCUT2D eigenvalue weighted by Gasteiger charge is -2.30. The van der Waals surface area contributed by atoms with Gasteiger partial charge in [-0.1, -0.05) is 6.92 Å². The fourth-order valence-electron chi connectivity index (χ4n) is 2.17. The lowest BCUT2D eigenvalue weighted by molar-refractivity contribution is -0.132. The molecular weight excluding hydrogens is 220 g/mol. The van der Waals surface area contributed by atoms with E-state index >= 15 is 0 Å². The van der Waals surface area contributed by atoms with Crippen molar-refractivity contribution in [2.24, 2.45) is 0 Å². The Bertz CT molecular complexity index is 327. The quantitative estimate of drug-likeness (QED) is 0.657. The molecule has 0 radical (unpaired) electrons. The number of carbonyl (C=O) groups excluding carboxylic acids is 2. The van der Waals surface area contributed by atoms with Gasteiger partial charge in [0.05, 0.1) is 6.67 Å². The van der Waals surface area contributed by atoms with Gasteiger partial charge in [-0.25, -0.2) is 9.69 Å². The fraction of sp³-hybridized carbons (Fsp3) is 0.818. The standard InChI is InChI=1S/C11H20N4O2/c1-3-11(2)9(16)15(10(17)13-11)8-14-6-4-12-5-7-14/h12H,3-8H2,1-2H3,(H,13,17). The van der Waals surface area contributed by atoms with E-state index in [4.69, 9.17) is 0 Å². The lowest BCUT2D eigenvalue weighted by atomic mass is 10.00. The van der Waals surface area contributed by atoms with Crippen LogP contribution in [-0.4, -0.2) is 60.1 Å². The highest BCUT2D eigenvalue weighted by Crippen LogP contribution is 2.20. The lowest BCUT2D eigenvalue weighted by Crippen LogP contribution is -2.50. The highest BCUT2D eigenvalue weighted by molar-refractivity contribution is 6.06. The fourth-order valence-corrected chi connectivity index (χ4v) is 2.17. The Morgan fingerprint density at radius 2 is 1.94 bits per heavy atom. The number of nitrogens with one attached hydrogen (secondary N) is 2. The molecule has 2 aliphatic rings.